The summed E-state index contributed by atoms with van der Waals surface area (Å²) < 4.78 is 10.6. The molecule has 3 aliphatic rings. The highest BCUT2D eigenvalue weighted by Crippen LogP contribution is 2.53. The summed E-state index contributed by atoms with van der Waals surface area (Å²) >= 11 is 0. The summed E-state index contributed by atoms with van der Waals surface area (Å²) in [4.78, 5) is 44.1. The van der Waals surface area contributed by atoms with Crippen LogP contribution < -0.4 is 9.64 Å². The molecule has 0 unspecified atom stereocenters. The van der Waals surface area contributed by atoms with Crippen molar-refractivity contribution in [1.29, 1.82) is 0 Å². The number of furan rings is 1. The monoisotopic (exact) mass is 440 g/mol. The Morgan fingerprint density at radius 1 is 0.939 bits per heavy atom. The summed E-state index contributed by atoms with van der Waals surface area (Å²) in [5, 5.41) is 0. The minimum Gasteiger partial charge on any atom is -0.497 e. The first-order valence-electron chi connectivity index (χ1n) is 10.7. The first-order valence-corrected chi connectivity index (χ1v) is 10.7. The third-order valence-electron chi connectivity index (χ3n) is 6.82. The van der Waals surface area contributed by atoms with Crippen LogP contribution in [0.1, 0.15) is 27.7 Å². The Labute approximate surface area is 189 Å². The van der Waals surface area contributed by atoms with E-state index < -0.39 is 23.9 Å². The van der Waals surface area contributed by atoms with Gasteiger partial charge in [-0.1, -0.05) is 24.3 Å². The van der Waals surface area contributed by atoms with E-state index >= 15 is 0 Å². The largest absolute Gasteiger partial charge is 0.497 e. The van der Waals surface area contributed by atoms with Crippen LogP contribution in [-0.2, 0) is 9.59 Å². The van der Waals surface area contributed by atoms with Crippen LogP contribution in [0.25, 0.3) is 6.08 Å². The van der Waals surface area contributed by atoms with Crippen LogP contribution in [0.4, 0.5) is 5.69 Å². The van der Waals surface area contributed by atoms with E-state index in [1.807, 2.05) is 41.4 Å². The van der Waals surface area contributed by atoms with Gasteiger partial charge in [0.15, 0.2) is 5.76 Å². The van der Waals surface area contributed by atoms with Gasteiger partial charge in [-0.15, -0.1) is 0 Å². The summed E-state index contributed by atoms with van der Waals surface area (Å²) in [5.41, 5.74) is 2.38. The van der Waals surface area contributed by atoms with Crippen molar-refractivity contribution in [2.24, 2.45) is 11.8 Å². The van der Waals surface area contributed by atoms with Crippen molar-refractivity contribution in [2.75, 3.05) is 12.0 Å². The van der Waals surface area contributed by atoms with E-state index in [9.17, 15) is 14.4 Å². The van der Waals surface area contributed by atoms with E-state index in [0.717, 1.165) is 11.1 Å². The summed E-state index contributed by atoms with van der Waals surface area (Å²) in [5.74, 6) is -1.69. The van der Waals surface area contributed by atoms with Crippen LogP contribution in [0, 0.1) is 11.8 Å². The number of hydrogen-bond donors (Lipinski definition) is 0. The Bertz CT molecular complexity index is 1290. The van der Waals surface area contributed by atoms with Crippen LogP contribution in [0.5, 0.6) is 5.75 Å². The molecule has 7 heteroatoms. The molecule has 0 aliphatic carbocycles. The van der Waals surface area contributed by atoms with Gasteiger partial charge in [0.1, 0.15) is 11.8 Å². The van der Waals surface area contributed by atoms with Crippen molar-refractivity contribution in [3.8, 4) is 5.75 Å². The summed E-state index contributed by atoms with van der Waals surface area (Å²) in [7, 11) is 1.55. The van der Waals surface area contributed by atoms with Crippen LogP contribution in [0.3, 0.4) is 0 Å². The lowest BCUT2D eigenvalue weighted by Crippen LogP contribution is -2.44. The number of ketones is 1. The molecule has 0 saturated carbocycles. The van der Waals surface area contributed by atoms with Gasteiger partial charge in [0, 0.05) is 6.20 Å². The van der Waals surface area contributed by atoms with Crippen molar-refractivity contribution in [2.45, 2.75) is 12.1 Å². The molecule has 4 atom stereocenters. The number of carbonyl (C=O) groups excluding carboxylic acids is 3. The zero-order chi connectivity index (χ0) is 22.7. The topological polar surface area (TPSA) is 80.1 Å². The predicted molar refractivity (Wildman–Crippen MR) is 119 cm³/mol. The second kappa shape index (κ2) is 7.20. The minimum absolute atomic E-state index is 0.176. The standard InChI is InChI=1S/C26H20N2O5/c1-32-17-10-8-16(9-11-17)28-25(30)20-21(26(28)31)23(24(29)19-7-4-14-33-19)27-13-12-15-5-2-3-6-18(15)22(20)27/h2-14,20-23H,1H3/t20-,21+,22-,23-/m0/s1. The maximum Gasteiger partial charge on any atom is 0.240 e. The second-order valence-electron chi connectivity index (χ2n) is 8.38. The van der Waals surface area contributed by atoms with Crippen molar-refractivity contribution < 1.29 is 23.5 Å². The fraction of sp³-hybridized carbons (Fsp3) is 0.192. The summed E-state index contributed by atoms with van der Waals surface area (Å²) in [6.07, 6.45) is 5.18. The number of amides is 2. The van der Waals surface area contributed by atoms with E-state index in [1.54, 1.807) is 43.5 Å². The molecule has 2 fully saturated rings. The SMILES string of the molecule is COc1ccc(N2C(=O)[C@@H]3[C@H](C2=O)[C@@H]2c4ccccc4C=CN2[C@@H]3C(=O)c2ccco2)cc1. The molecule has 33 heavy (non-hydrogen) atoms. The van der Waals surface area contributed by atoms with E-state index in [0.29, 0.717) is 11.4 Å². The Hall–Kier alpha value is -4.13. The van der Waals surface area contributed by atoms with E-state index in [2.05, 4.69) is 0 Å². The van der Waals surface area contributed by atoms with Crippen molar-refractivity contribution in [3.63, 3.8) is 0 Å². The number of nitrogens with zero attached hydrogens (tertiary/aromatic N) is 2. The van der Waals surface area contributed by atoms with Crippen molar-refractivity contribution in [1.82, 2.24) is 4.90 Å². The summed E-state index contributed by atoms with van der Waals surface area (Å²) in [6.45, 7) is 0. The maximum atomic E-state index is 13.8. The lowest BCUT2D eigenvalue weighted by Gasteiger charge is -2.35. The Morgan fingerprint density at radius 3 is 2.42 bits per heavy atom. The van der Waals surface area contributed by atoms with Gasteiger partial charge < -0.3 is 14.1 Å². The number of benzene rings is 2. The molecule has 0 radical (unpaired) electrons. The molecule has 0 spiro atoms. The highest BCUT2D eigenvalue weighted by Gasteiger charge is 2.64. The van der Waals surface area contributed by atoms with Crippen LogP contribution >= 0.6 is 0 Å². The second-order valence-corrected chi connectivity index (χ2v) is 8.38. The third kappa shape index (κ3) is 2.72. The highest BCUT2D eigenvalue weighted by atomic mass is 16.5. The average molecular weight is 440 g/mol. The third-order valence-corrected chi connectivity index (χ3v) is 6.82. The van der Waals surface area contributed by atoms with Gasteiger partial charge in [-0.05, 0) is 53.6 Å². The quantitative estimate of drug-likeness (QED) is 0.455. The van der Waals surface area contributed by atoms with Crippen molar-refractivity contribution in [3.05, 3.63) is 90.0 Å². The number of Topliss-reactive ketones (excluding diaryl/α,β-unsaturated/α-hetero) is 1. The molecule has 1 aromatic heterocycles. The molecule has 3 aliphatic heterocycles. The van der Waals surface area contributed by atoms with Crippen molar-refractivity contribution >= 4 is 29.4 Å². The number of fused-ring (bicyclic) bond motifs is 5. The molecular weight excluding hydrogens is 420 g/mol. The summed E-state index contributed by atoms with van der Waals surface area (Å²) in [6, 6.07) is 16.5. The van der Waals surface area contributed by atoms with Gasteiger partial charge in [0.05, 0.1) is 36.9 Å². The minimum atomic E-state index is -0.838. The predicted octanol–water partition coefficient (Wildman–Crippen LogP) is 3.69. The Morgan fingerprint density at radius 2 is 1.70 bits per heavy atom. The molecular formula is C26H20N2O5. The zero-order valence-electron chi connectivity index (χ0n) is 17.8. The Balaban J connectivity index is 1.48. The van der Waals surface area contributed by atoms with Gasteiger partial charge in [-0.3, -0.25) is 14.4 Å². The van der Waals surface area contributed by atoms with E-state index in [-0.39, 0.29) is 23.4 Å². The lowest BCUT2D eigenvalue weighted by molar-refractivity contribution is -0.123. The number of carbonyl (C=O) groups is 3. The molecule has 7 nitrogen and oxygen atoms in total. The molecule has 164 valence electrons. The van der Waals surface area contributed by atoms with Gasteiger partial charge in [-0.2, -0.15) is 0 Å². The molecule has 3 aromatic rings. The van der Waals surface area contributed by atoms with Crippen LogP contribution in [-0.4, -0.2) is 35.6 Å². The van der Waals surface area contributed by atoms with Gasteiger partial charge >= 0.3 is 0 Å². The maximum absolute atomic E-state index is 13.8. The van der Waals surface area contributed by atoms with Gasteiger partial charge in [0.25, 0.3) is 0 Å². The van der Waals surface area contributed by atoms with Crippen LogP contribution in [0.2, 0.25) is 0 Å². The van der Waals surface area contributed by atoms with Gasteiger partial charge in [-0.25, -0.2) is 4.90 Å². The molecule has 4 heterocycles. The smallest absolute Gasteiger partial charge is 0.240 e. The van der Waals surface area contributed by atoms with E-state index in [4.69, 9.17) is 9.15 Å². The zero-order valence-corrected chi connectivity index (χ0v) is 17.8. The molecule has 6 rings (SSSR count). The molecule has 0 bridgehead atoms. The number of imide groups is 1. The molecule has 2 aromatic carbocycles. The number of methoxy groups -OCH3 is 1. The molecule has 2 saturated heterocycles. The normalized spacial score (nSPS) is 25.1. The first kappa shape index (κ1) is 19.5. The number of ether oxygens (including phenoxy) is 1. The Kier molecular flexibility index (Phi) is 4.26. The fourth-order valence-corrected chi connectivity index (χ4v) is 5.41. The average Bonchev–Trinajstić information content (AvgIpc) is 3.55. The first-order chi connectivity index (χ1) is 16.1. The lowest BCUT2D eigenvalue weighted by atomic mass is 9.84. The van der Waals surface area contributed by atoms with Gasteiger partial charge in [0.2, 0.25) is 17.6 Å². The fourth-order valence-electron chi connectivity index (χ4n) is 5.41. The van der Waals surface area contributed by atoms with E-state index in [1.165, 1.54) is 11.2 Å². The number of hydrogen-bond acceptors (Lipinski definition) is 6. The highest BCUT2D eigenvalue weighted by molar-refractivity contribution is 6.24. The number of rotatable bonds is 4. The molecule has 2 amide bonds. The molecule has 0 N–H and O–H groups in total. The number of anilines is 1. The van der Waals surface area contributed by atoms with Crippen LogP contribution in [0.15, 0.2) is 77.5 Å².